The van der Waals surface area contributed by atoms with E-state index in [9.17, 15) is 8.42 Å². The summed E-state index contributed by atoms with van der Waals surface area (Å²) >= 11 is 1.40. The molecule has 0 saturated carbocycles. The lowest BCUT2D eigenvalue weighted by atomic mass is 10.2. The van der Waals surface area contributed by atoms with Gasteiger partial charge < -0.3 is 4.57 Å². The van der Waals surface area contributed by atoms with Gasteiger partial charge in [-0.1, -0.05) is 35.6 Å². The van der Waals surface area contributed by atoms with E-state index in [1.54, 1.807) is 30.3 Å². The Morgan fingerprint density at radius 1 is 1.14 bits per heavy atom. The van der Waals surface area contributed by atoms with Crippen LogP contribution in [0.25, 0.3) is 10.2 Å². The molecule has 0 aliphatic rings. The molecule has 0 radical (unpaired) electrons. The molecule has 0 N–H and O–H groups in total. The number of benzene rings is 2. The molecule has 0 bridgehead atoms. The van der Waals surface area contributed by atoms with Gasteiger partial charge in [0, 0.05) is 6.54 Å². The molecule has 114 valence electrons. The zero-order valence-corrected chi connectivity index (χ0v) is 14.0. The highest BCUT2D eigenvalue weighted by molar-refractivity contribution is 7.90. The van der Waals surface area contributed by atoms with Crippen LogP contribution in [0, 0.1) is 6.92 Å². The molecule has 1 aromatic heterocycles. The van der Waals surface area contributed by atoms with Crippen molar-refractivity contribution in [2.75, 3.05) is 0 Å². The van der Waals surface area contributed by atoms with Gasteiger partial charge in [0.2, 0.25) is 4.80 Å². The van der Waals surface area contributed by atoms with Crippen molar-refractivity contribution in [3.05, 3.63) is 58.9 Å². The summed E-state index contributed by atoms with van der Waals surface area (Å²) in [5.41, 5.74) is 2.16. The standard InChI is InChI=1S/C16H16N2O2S2/c1-3-18-14-10-9-12(2)11-15(14)21-16(18)17-22(19,20)13-7-5-4-6-8-13/h4-11H,3H2,1-2H3/b17-16-. The Hall–Kier alpha value is -1.92. The van der Waals surface area contributed by atoms with Gasteiger partial charge in [-0.3, -0.25) is 0 Å². The Morgan fingerprint density at radius 3 is 2.55 bits per heavy atom. The Bertz CT molecular complexity index is 984. The summed E-state index contributed by atoms with van der Waals surface area (Å²) in [6.07, 6.45) is 0. The first-order valence-electron chi connectivity index (χ1n) is 6.97. The van der Waals surface area contributed by atoms with Crippen molar-refractivity contribution in [1.29, 1.82) is 0 Å². The molecule has 22 heavy (non-hydrogen) atoms. The zero-order chi connectivity index (χ0) is 15.7. The van der Waals surface area contributed by atoms with Crippen LogP contribution in [0.2, 0.25) is 0 Å². The number of hydrogen-bond donors (Lipinski definition) is 0. The van der Waals surface area contributed by atoms with Crippen LogP contribution in [-0.2, 0) is 16.6 Å². The minimum absolute atomic E-state index is 0.214. The van der Waals surface area contributed by atoms with Crippen LogP contribution in [0.3, 0.4) is 0 Å². The molecule has 0 aliphatic heterocycles. The predicted octanol–water partition coefficient (Wildman–Crippen LogP) is 3.32. The average Bonchev–Trinajstić information content (AvgIpc) is 2.83. The van der Waals surface area contributed by atoms with Crippen LogP contribution in [0.5, 0.6) is 0 Å². The minimum atomic E-state index is -3.69. The maximum atomic E-state index is 12.4. The lowest BCUT2D eigenvalue weighted by molar-refractivity contribution is 0.595. The van der Waals surface area contributed by atoms with Crippen molar-refractivity contribution in [3.63, 3.8) is 0 Å². The van der Waals surface area contributed by atoms with Crippen LogP contribution in [0.1, 0.15) is 12.5 Å². The molecule has 3 rings (SSSR count). The van der Waals surface area contributed by atoms with Gasteiger partial charge in [-0.15, -0.1) is 4.40 Å². The number of nitrogens with zero attached hydrogens (tertiary/aromatic N) is 2. The molecule has 3 aromatic rings. The van der Waals surface area contributed by atoms with Gasteiger partial charge in [0.1, 0.15) is 0 Å². The van der Waals surface area contributed by atoms with Gasteiger partial charge in [-0.2, -0.15) is 8.42 Å². The fourth-order valence-corrected chi connectivity index (χ4v) is 4.72. The summed E-state index contributed by atoms with van der Waals surface area (Å²) in [6.45, 7) is 4.68. The zero-order valence-electron chi connectivity index (χ0n) is 12.4. The van der Waals surface area contributed by atoms with Crippen molar-refractivity contribution in [2.45, 2.75) is 25.3 Å². The summed E-state index contributed by atoms with van der Waals surface area (Å²) in [5.74, 6) is 0. The molecule has 0 atom stereocenters. The third-order valence-corrected chi connectivity index (χ3v) is 5.83. The maximum Gasteiger partial charge on any atom is 0.285 e. The number of aryl methyl sites for hydroxylation is 2. The molecule has 6 heteroatoms. The second-order valence-corrected chi connectivity index (χ2v) is 7.59. The van der Waals surface area contributed by atoms with Gasteiger partial charge in [0.15, 0.2) is 0 Å². The third-order valence-electron chi connectivity index (χ3n) is 3.39. The summed E-state index contributed by atoms with van der Waals surface area (Å²) in [5, 5.41) is 0. The summed E-state index contributed by atoms with van der Waals surface area (Å²) in [6, 6.07) is 14.4. The summed E-state index contributed by atoms with van der Waals surface area (Å²) in [7, 11) is -3.69. The van der Waals surface area contributed by atoms with Crippen molar-refractivity contribution >= 4 is 31.6 Å². The Kier molecular flexibility index (Phi) is 3.88. The van der Waals surface area contributed by atoms with E-state index in [-0.39, 0.29) is 4.90 Å². The van der Waals surface area contributed by atoms with Crippen LogP contribution < -0.4 is 4.80 Å². The van der Waals surface area contributed by atoms with E-state index < -0.39 is 10.0 Å². The molecule has 0 saturated heterocycles. The second kappa shape index (κ2) is 5.70. The number of aromatic nitrogens is 1. The fourth-order valence-electron chi connectivity index (χ4n) is 2.30. The van der Waals surface area contributed by atoms with Crippen LogP contribution in [0.4, 0.5) is 0 Å². The highest BCUT2D eigenvalue weighted by Gasteiger charge is 2.13. The molecular weight excluding hydrogens is 316 g/mol. The SMILES string of the molecule is CCn1/c(=N/S(=O)(=O)c2ccccc2)sc2cc(C)ccc21. The van der Waals surface area contributed by atoms with Gasteiger partial charge in [-0.05, 0) is 43.7 Å². The van der Waals surface area contributed by atoms with Crippen molar-refractivity contribution in [3.8, 4) is 0 Å². The fraction of sp³-hybridized carbons (Fsp3) is 0.188. The average molecular weight is 332 g/mol. The van der Waals surface area contributed by atoms with Crippen molar-refractivity contribution < 1.29 is 8.42 Å². The molecule has 4 nitrogen and oxygen atoms in total. The van der Waals surface area contributed by atoms with E-state index >= 15 is 0 Å². The summed E-state index contributed by atoms with van der Waals surface area (Å²) < 4.78 is 31.9. The lowest BCUT2D eigenvalue weighted by Crippen LogP contribution is -2.16. The number of rotatable bonds is 3. The topological polar surface area (TPSA) is 51.4 Å². The van der Waals surface area contributed by atoms with E-state index in [1.165, 1.54) is 11.3 Å². The van der Waals surface area contributed by atoms with E-state index in [1.807, 2.05) is 30.5 Å². The highest BCUT2D eigenvalue weighted by atomic mass is 32.2. The van der Waals surface area contributed by atoms with E-state index in [0.717, 1.165) is 15.8 Å². The largest absolute Gasteiger partial charge is 0.316 e. The number of sulfonamides is 1. The highest BCUT2D eigenvalue weighted by Crippen LogP contribution is 2.19. The third kappa shape index (κ3) is 2.71. The maximum absolute atomic E-state index is 12.4. The van der Waals surface area contributed by atoms with Crippen LogP contribution in [-0.4, -0.2) is 13.0 Å². The van der Waals surface area contributed by atoms with Gasteiger partial charge in [-0.25, -0.2) is 0 Å². The van der Waals surface area contributed by atoms with Crippen molar-refractivity contribution in [1.82, 2.24) is 4.57 Å². The second-order valence-electron chi connectivity index (χ2n) is 4.98. The van der Waals surface area contributed by atoms with E-state index in [0.29, 0.717) is 11.3 Å². The van der Waals surface area contributed by atoms with Crippen LogP contribution >= 0.6 is 11.3 Å². The minimum Gasteiger partial charge on any atom is -0.316 e. The van der Waals surface area contributed by atoms with Crippen molar-refractivity contribution in [2.24, 2.45) is 4.40 Å². The lowest BCUT2D eigenvalue weighted by Gasteiger charge is -2.01. The molecule has 1 heterocycles. The number of hydrogen-bond acceptors (Lipinski definition) is 3. The Morgan fingerprint density at radius 2 is 1.86 bits per heavy atom. The van der Waals surface area contributed by atoms with Gasteiger partial charge in [0.25, 0.3) is 10.0 Å². The summed E-state index contributed by atoms with van der Waals surface area (Å²) in [4.78, 5) is 0.721. The van der Waals surface area contributed by atoms with E-state index in [4.69, 9.17) is 0 Å². The first-order chi connectivity index (χ1) is 10.5. The molecule has 0 amide bonds. The van der Waals surface area contributed by atoms with Gasteiger partial charge >= 0.3 is 0 Å². The number of thiazole rings is 1. The Balaban J connectivity index is 2.25. The van der Waals surface area contributed by atoms with Gasteiger partial charge in [0.05, 0.1) is 15.1 Å². The molecular formula is C16H16N2O2S2. The molecule has 0 unspecified atom stereocenters. The molecule has 0 aliphatic carbocycles. The quantitative estimate of drug-likeness (QED) is 0.739. The predicted molar refractivity (Wildman–Crippen MR) is 89.4 cm³/mol. The first-order valence-corrected chi connectivity index (χ1v) is 9.23. The first kappa shape index (κ1) is 15.0. The smallest absolute Gasteiger partial charge is 0.285 e. The Labute approximate surface area is 133 Å². The normalized spacial score (nSPS) is 12.9. The van der Waals surface area contributed by atoms with Crippen LogP contribution in [0.15, 0.2) is 57.8 Å². The molecule has 0 fully saturated rings. The van der Waals surface area contributed by atoms with E-state index in [2.05, 4.69) is 10.5 Å². The monoisotopic (exact) mass is 332 g/mol. The molecule has 2 aromatic carbocycles. The molecule has 0 spiro atoms. The number of fused-ring (bicyclic) bond motifs is 1.